The maximum Gasteiger partial charge on any atom is 0.267 e. The summed E-state index contributed by atoms with van der Waals surface area (Å²) in [5, 5.41) is 0.478. The molecule has 5 aromatic rings. The first-order valence-electron chi connectivity index (χ1n) is 11.1. The summed E-state index contributed by atoms with van der Waals surface area (Å²) in [5.74, 6) is -3.03. The van der Waals surface area contributed by atoms with Gasteiger partial charge in [0.1, 0.15) is 28.8 Å². The molecule has 13 heteroatoms. The van der Waals surface area contributed by atoms with Gasteiger partial charge < -0.3 is 0 Å². The van der Waals surface area contributed by atoms with Gasteiger partial charge in [-0.25, -0.2) is 46.5 Å². The van der Waals surface area contributed by atoms with E-state index in [0.29, 0.717) is 33.4 Å². The van der Waals surface area contributed by atoms with Crippen LogP contribution in [-0.2, 0) is 16.4 Å². The number of thiazole rings is 1. The third-order valence-corrected chi connectivity index (χ3v) is 7.92. The highest BCUT2D eigenvalue weighted by Gasteiger charge is 2.27. The van der Waals surface area contributed by atoms with Crippen LogP contribution in [0.4, 0.5) is 18.9 Å². The lowest BCUT2D eigenvalue weighted by atomic mass is 10.1. The van der Waals surface area contributed by atoms with Gasteiger partial charge in [-0.3, -0.25) is 4.72 Å². The average molecular weight is 555 g/mol. The van der Waals surface area contributed by atoms with Crippen molar-refractivity contribution in [1.82, 2.24) is 24.9 Å². The number of rotatable bonds is 7. The fourth-order valence-corrected chi connectivity index (χ4v) is 5.86. The first kappa shape index (κ1) is 25.4. The van der Waals surface area contributed by atoms with Gasteiger partial charge >= 0.3 is 0 Å². The second-order valence-corrected chi connectivity index (χ2v) is 10.5. The predicted octanol–water partition coefficient (Wildman–Crippen LogP) is 5.50. The molecule has 8 nitrogen and oxygen atoms in total. The van der Waals surface area contributed by atoms with E-state index in [1.54, 1.807) is 24.7 Å². The zero-order valence-corrected chi connectivity index (χ0v) is 21.2. The van der Waals surface area contributed by atoms with E-state index < -0.39 is 38.1 Å². The van der Waals surface area contributed by atoms with Crippen molar-refractivity contribution in [3.63, 3.8) is 0 Å². The molecule has 0 aliphatic heterocycles. The van der Waals surface area contributed by atoms with Crippen LogP contribution < -0.4 is 4.72 Å². The van der Waals surface area contributed by atoms with Crippen molar-refractivity contribution in [3.8, 4) is 32.4 Å². The van der Waals surface area contributed by atoms with Gasteiger partial charge in [0.2, 0.25) is 0 Å². The summed E-state index contributed by atoms with van der Waals surface area (Å²) in [6.07, 6.45) is 6.63. The highest BCUT2D eigenvalue weighted by atomic mass is 32.2. The lowest BCUT2D eigenvalue weighted by molar-refractivity contribution is 0.521. The summed E-state index contributed by atoms with van der Waals surface area (Å²) in [7, 11) is -4.80. The molecule has 0 aliphatic carbocycles. The van der Waals surface area contributed by atoms with Crippen LogP contribution in [0.15, 0.2) is 72.3 Å². The van der Waals surface area contributed by atoms with E-state index in [0.717, 1.165) is 24.3 Å². The number of aromatic nitrogens is 5. The molecule has 3 aromatic heterocycles. The normalized spacial score (nSPS) is 11.5. The third kappa shape index (κ3) is 4.85. The van der Waals surface area contributed by atoms with Gasteiger partial charge in [-0.1, -0.05) is 19.1 Å². The molecule has 0 bridgehead atoms. The molecule has 0 saturated heterocycles. The first-order chi connectivity index (χ1) is 18.3. The van der Waals surface area contributed by atoms with Crippen molar-refractivity contribution in [2.75, 3.05) is 4.72 Å². The van der Waals surface area contributed by atoms with Gasteiger partial charge in [0.05, 0.1) is 22.0 Å². The maximum absolute atomic E-state index is 15.9. The van der Waals surface area contributed by atoms with Crippen LogP contribution in [0.3, 0.4) is 0 Å². The van der Waals surface area contributed by atoms with E-state index >= 15 is 4.39 Å². The van der Waals surface area contributed by atoms with Crippen LogP contribution in [-0.4, -0.2) is 33.3 Å². The summed E-state index contributed by atoms with van der Waals surface area (Å²) in [4.78, 5) is 20.7. The molecule has 5 rings (SSSR count). The minimum atomic E-state index is -4.80. The molecular formula is C25H17F3N6O2S2. The largest absolute Gasteiger partial charge is 0.276 e. The predicted molar refractivity (Wildman–Crippen MR) is 136 cm³/mol. The van der Waals surface area contributed by atoms with E-state index in [9.17, 15) is 17.2 Å². The van der Waals surface area contributed by atoms with Gasteiger partial charge in [-0.2, -0.15) is 0 Å². The summed E-state index contributed by atoms with van der Waals surface area (Å²) in [6.45, 7) is 1.90. The topological polar surface area (TPSA) is 111 Å². The lowest BCUT2D eigenvalue weighted by Gasteiger charge is -2.12. The smallest absolute Gasteiger partial charge is 0.267 e. The first-order valence-corrected chi connectivity index (χ1v) is 13.4. The molecule has 0 unspecified atom stereocenters. The Hall–Kier alpha value is -4.23. The minimum Gasteiger partial charge on any atom is -0.276 e. The number of benzene rings is 2. The molecule has 0 saturated carbocycles. The molecule has 3 heterocycles. The molecule has 0 radical (unpaired) electrons. The Morgan fingerprint density at radius 1 is 0.947 bits per heavy atom. The van der Waals surface area contributed by atoms with Crippen molar-refractivity contribution in [2.24, 2.45) is 0 Å². The Kier molecular flexibility index (Phi) is 6.87. The molecule has 0 spiro atoms. The number of nitrogens with one attached hydrogen (secondary N) is 1. The number of sulfonamides is 1. The summed E-state index contributed by atoms with van der Waals surface area (Å²) >= 11 is 1.22. The number of hydrogen-bond acceptors (Lipinski definition) is 8. The molecule has 2 aromatic carbocycles. The van der Waals surface area contributed by atoms with Crippen molar-refractivity contribution in [1.29, 1.82) is 0 Å². The Balaban J connectivity index is 1.64. The van der Waals surface area contributed by atoms with Gasteiger partial charge in [-0.05, 0) is 30.3 Å². The standard InChI is InChI=1S/C25H17F3N6O2S2/c1-2-20-31-10-9-19(32-20)23-22(33-25(37-23)14-11-29-13-30-12-14)15-5-3-8-18(21(15)28)34-38(35,36)24-16(26)6-4-7-17(24)27/h3-13,34H,2H2,1H3. The zero-order chi connectivity index (χ0) is 26.9. The molecule has 0 atom stereocenters. The number of aryl methyl sites for hydroxylation is 1. The highest BCUT2D eigenvalue weighted by Crippen LogP contribution is 2.41. The number of nitrogens with zero attached hydrogens (tertiary/aromatic N) is 5. The fourth-order valence-electron chi connectivity index (χ4n) is 3.63. The molecule has 0 aliphatic rings. The summed E-state index contributed by atoms with van der Waals surface area (Å²) < 4.78 is 71.7. The van der Waals surface area contributed by atoms with Crippen molar-refractivity contribution < 1.29 is 21.6 Å². The number of anilines is 1. The fraction of sp³-hybridized carbons (Fsp3) is 0.0800. The number of hydrogen-bond donors (Lipinski definition) is 1. The second-order valence-electron chi connectivity index (χ2n) is 7.86. The molecule has 38 heavy (non-hydrogen) atoms. The molecule has 1 N–H and O–H groups in total. The van der Waals surface area contributed by atoms with Gasteiger partial charge in [0, 0.05) is 36.1 Å². The SMILES string of the molecule is CCc1nccc(-c2sc(-c3cncnc3)nc2-c2cccc(NS(=O)(=O)c3c(F)cccc3F)c2F)n1. The van der Waals surface area contributed by atoms with Crippen LogP contribution in [0.5, 0.6) is 0 Å². The van der Waals surface area contributed by atoms with Crippen molar-refractivity contribution >= 4 is 27.0 Å². The van der Waals surface area contributed by atoms with E-state index in [-0.39, 0.29) is 11.3 Å². The zero-order valence-electron chi connectivity index (χ0n) is 19.6. The summed E-state index contributed by atoms with van der Waals surface area (Å²) in [5.41, 5.74) is 0.703. The molecule has 0 fully saturated rings. The summed E-state index contributed by atoms with van der Waals surface area (Å²) in [6, 6.07) is 8.25. The van der Waals surface area contributed by atoms with Crippen molar-refractivity contribution in [3.05, 3.63) is 90.7 Å². The lowest BCUT2D eigenvalue weighted by Crippen LogP contribution is -2.17. The number of halogens is 3. The van der Waals surface area contributed by atoms with Crippen LogP contribution in [0.2, 0.25) is 0 Å². The van der Waals surface area contributed by atoms with Gasteiger partial charge in [0.15, 0.2) is 10.7 Å². The maximum atomic E-state index is 15.9. The van der Waals surface area contributed by atoms with E-state index in [1.165, 1.54) is 29.8 Å². The average Bonchev–Trinajstić information content (AvgIpc) is 3.35. The van der Waals surface area contributed by atoms with E-state index in [4.69, 9.17) is 0 Å². The molecular weight excluding hydrogens is 537 g/mol. The molecule has 0 amide bonds. The Morgan fingerprint density at radius 2 is 1.66 bits per heavy atom. The van der Waals surface area contributed by atoms with Crippen LogP contribution in [0, 0.1) is 17.5 Å². The third-order valence-electron chi connectivity index (χ3n) is 5.37. The Morgan fingerprint density at radius 3 is 2.37 bits per heavy atom. The highest BCUT2D eigenvalue weighted by molar-refractivity contribution is 7.92. The van der Waals surface area contributed by atoms with Gasteiger partial charge in [-0.15, -0.1) is 11.3 Å². The Bertz CT molecular complexity index is 1730. The minimum absolute atomic E-state index is 0.0507. The van der Waals surface area contributed by atoms with Crippen LogP contribution in [0.1, 0.15) is 12.7 Å². The monoisotopic (exact) mass is 554 g/mol. The van der Waals surface area contributed by atoms with Gasteiger partial charge in [0.25, 0.3) is 10.0 Å². The quantitative estimate of drug-likeness (QED) is 0.283. The second kappa shape index (κ2) is 10.3. The van der Waals surface area contributed by atoms with Crippen LogP contribution in [0.25, 0.3) is 32.4 Å². The van der Waals surface area contributed by atoms with Crippen LogP contribution >= 0.6 is 11.3 Å². The van der Waals surface area contributed by atoms with Crippen molar-refractivity contribution in [2.45, 2.75) is 18.2 Å². The molecule has 192 valence electrons. The van der Waals surface area contributed by atoms with E-state index in [1.807, 2.05) is 11.6 Å². The van der Waals surface area contributed by atoms with E-state index in [2.05, 4.69) is 24.9 Å². The Labute approximate surface area is 219 Å².